The van der Waals surface area contributed by atoms with Gasteiger partial charge in [0.15, 0.2) is 6.39 Å². The van der Waals surface area contributed by atoms with Crippen LogP contribution in [0.25, 0.3) is 11.8 Å². The van der Waals surface area contributed by atoms with Gasteiger partial charge in [-0.25, -0.2) is 27.5 Å². The highest BCUT2D eigenvalue weighted by atomic mass is 32.2. The first kappa shape index (κ1) is 26.1. The van der Waals surface area contributed by atoms with Crippen LogP contribution >= 0.6 is 0 Å². The number of benzene rings is 1. The summed E-state index contributed by atoms with van der Waals surface area (Å²) in [7, 11) is -3.78. The number of oxazole rings is 1. The SMILES string of the molecule is O=S(=O)(c1ccc(N2CCC2)nc1)N1CCC2=Cc3c(cnn3-c3ccc(F)cc3)C[C@]2(COCc2cnco2)C1. The Morgan fingerprint density at radius 3 is 2.61 bits per heavy atom. The summed E-state index contributed by atoms with van der Waals surface area (Å²) in [6, 6.07) is 9.65. The quantitative estimate of drug-likeness (QED) is 0.312. The summed E-state index contributed by atoms with van der Waals surface area (Å²) in [4.78, 5) is 10.7. The van der Waals surface area contributed by atoms with E-state index in [1.54, 1.807) is 45.6 Å². The van der Waals surface area contributed by atoms with Crippen LogP contribution in [0.2, 0.25) is 0 Å². The third-order valence-electron chi connectivity index (χ3n) is 8.23. The highest BCUT2D eigenvalue weighted by Gasteiger charge is 2.46. The lowest BCUT2D eigenvalue weighted by atomic mass is 9.69. The Morgan fingerprint density at radius 1 is 1.05 bits per heavy atom. The average Bonchev–Trinajstić information content (AvgIpc) is 3.61. The summed E-state index contributed by atoms with van der Waals surface area (Å²) in [6.45, 7) is 3.00. The molecule has 212 valence electrons. The molecule has 5 heterocycles. The van der Waals surface area contributed by atoms with E-state index in [1.165, 1.54) is 24.7 Å². The zero-order valence-corrected chi connectivity index (χ0v) is 23.1. The van der Waals surface area contributed by atoms with E-state index < -0.39 is 15.4 Å². The van der Waals surface area contributed by atoms with E-state index in [0.717, 1.165) is 47.8 Å². The van der Waals surface area contributed by atoms with Gasteiger partial charge in [0, 0.05) is 37.8 Å². The number of hydrogen-bond donors (Lipinski definition) is 0. The van der Waals surface area contributed by atoms with Crippen molar-refractivity contribution in [1.29, 1.82) is 0 Å². The van der Waals surface area contributed by atoms with Crippen molar-refractivity contribution in [3.05, 3.63) is 89.8 Å². The topological polar surface area (TPSA) is 107 Å². The molecule has 0 bridgehead atoms. The van der Waals surface area contributed by atoms with Crippen LogP contribution in [-0.4, -0.2) is 65.3 Å². The predicted molar refractivity (Wildman–Crippen MR) is 148 cm³/mol. The number of fused-ring (bicyclic) bond motifs is 2. The van der Waals surface area contributed by atoms with Gasteiger partial charge < -0.3 is 14.1 Å². The van der Waals surface area contributed by atoms with Gasteiger partial charge in [0.25, 0.3) is 0 Å². The first-order chi connectivity index (χ1) is 19.9. The fraction of sp³-hybridized carbons (Fsp3) is 0.345. The fourth-order valence-corrected chi connectivity index (χ4v) is 7.36. The normalized spacial score (nSPS) is 20.7. The predicted octanol–water partition coefficient (Wildman–Crippen LogP) is 3.84. The highest BCUT2D eigenvalue weighted by Crippen LogP contribution is 2.45. The minimum absolute atomic E-state index is 0.188. The summed E-state index contributed by atoms with van der Waals surface area (Å²) in [6.07, 6.45) is 10.5. The van der Waals surface area contributed by atoms with Crippen molar-refractivity contribution >= 4 is 21.9 Å². The molecule has 2 saturated heterocycles. The van der Waals surface area contributed by atoms with E-state index in [9.17, 15) is 12.8 Å². The van der Waals surface area contributed by atoms with Gasteiger partial charge in [0.1, 0.15) is 28.9 Å². The smallest absolute Gasteiger partial charge is 0.244 e. The third kappa shape index (κ3) is 4.75. The van der Waals surface area contributed by atoms with Gasteiger partial charge in [0.2, 0.25) is 10.0 Å². The summed E-state index contributed by atoms with van der Waals surface area (Å²) >= 11 is 0. The van der Waals surface area contributed by atoms with Crippen molar-refractivity contribution < 1.29 is 22.0 Å². The number of pyridine rings is 1. The van der Waals surface area contributed by atoms with Crippen LogP contribution in [0.4, 0.5) is 10.2 Å². The number of sulfonamides is 1. The highest BCUT2D eigenvalue weighted by molar-refractivity contribution is 7.89. The standard InChI is InChI=1S/C29H29FN6O4S/c30-23-2-4-24(5-3-23)36-27-12-22-8-11-35(41(37,38)26-6-7-28(32-16-26)34-9-1-10-34)18-29(22,13-21(27)14-33-36)19-39-17-25-15-31-20-40-25/h2-7,12,14-16,20H,1,8-11,13,17-19H2/t29-/m1/s1. The average molecular weight is 577 g/mol. The second-order valence-corrected chi connectivity index (χ2v) is 12.7. The van der Waals surface area contributed by atoms with E-state index >= 15 is 0 Å². The zero-order valence-electron chi connectivity index (χ0n) is 22.3. The fourth-order valence-electron chi connectivity index (χ4n) is 5.88. The minimum Gasteiger partial charge on any atom is -0.446 e. The Morgan fingerprint density at radius 2 is 1.90 bits per heavy atom. The Kier molecular flexibility index (Phi) is 6.48. The Labute approximate surface area is 237 Å². The van der Waals surface area contributed by atoms with E-state index in [1.807, 2.05) is 0 Å². The van der Waals surface area contributed by atoms with Crippen molar-refractivity contribution in [3.8, 4) is 5.69 Å². The van der Waals surface area contributed by atoms with E-state index in [0.29, 0.717) is 31.8 Å². The van der Waals surface area contributed by atoms with Crippen molar-refractivity contribution in [3.63, 3.8) is 0 Å². The van der Waals surface area contributed by atoms with E-state index in [2.05, 4.69) is 26.0 Å². The van der Waals surface area contributed by atoms with Crippen molar-refractivity contribution in [1.82, 2.24) is 24.1 Å². The molecule has 0 unspecified atom stereocenters. The van der Waals surface area contributed by atoms with Gasteiger partial charge in [0.05, 0.1) is 30.4 Å². The number of anilines is 1. The number of rotatable bonds is 8. The van der Waals surface area contributed by atoms with Gasteiger partial charge in [-0.2, -0.15) is 9.40 Å². The Hall–Kier alpha value is -3.87. The summed E-state index contributed by atoms with van der Waals surface area (Å²) < 4.78 is 56.1. The molecule has 2 fully saturated rings. The Bertz CT molecular complexity index is 1680. The van der Waals surface area contributed by atoms with Gasteiger partial charge in [-0.3, -0.25) is 0 Å². The van der Waals surface area contributed by atoms with Crippen molar-refractivity contribution in [2.75, 3.05) is 37.7 Å². The van der Waals surface area contributed by atoms with Crippen LogP contribution in [0.15, 0.2) is 76.3 Å². The molecule has 3 aliphatic rings. The van der Waals surface area contributed by atoms with Crippen LogP contribution in [0, 0.1) is 11.2 Å². The second kappa shape index (κ2) is 10.2. The maximum Gasteiger partial charge on any atom is 0.244 e. The first-order valence-corrected chi connectivity index (χ1v) is 15.1. The molecule has 7 rings (SSSR count). The molecule has 1 atom stereocenters. The van der Waals surface area contributed by atoms with Gasteiger partial charge >= 0.3 is 0 Å². The lowest BCUT2D eigenvalue weighted by Crippen LogP contribution is -2.51. The molecule has 0 N–H and O–H groups in total. The summed E-state index contributed by atoms with van der Waals surface area (Å²) in [5, 5.41) is 4.60. The maximum absolute atomic E-state index is 13.8. The molecule has 0 spiro atoms. The molecule has 1 aromatic carbocycles. The number of halogens is 1. The van der Waals surface area contributed by atoms with E-state index in [-0.39, 0.29) is 23.9 Å². The van der Waals surface area contributed by atoms with E-state index in [4.69, 9.17) is 9.15 Å². The lowest BCUT2D eigenvalue weighted by molar-refractivity contribution is 0.0247. The van der Waals surface area contributed by atoms with Gasteiger partial charge in [-0.15, -0.1) is 0 Å². The van der Waals surface area contributed by atoms with Gasteiger partial charge in [-0.1, -0.05) is 5.57 Å². The molecule has 12 heteroatoms. The second-order valence-electron chi connectivity index (χ2n) is 10.8. The van der Waals surface area contributed by atoms with Crippen LogP contribution in [-0.2, 0) is 27.8 Å². The Balaban J connectivity index is 1.19. The van der Waals surface area contributed by atoms with Crippen LogP contribution in [0.1, 0.15) is 29.9 Å². The molecule has 4 aromatic rings. The molecule has 0 saturated carbocycles. The molecule has 3 aromatic heterocycles. The maximum atomic E-state index is 13.8. The number of aromatic nitrogens is 4. The summed E-state index contributed by atoms with van der Waals surface area (Å²) in [5.41, 5.74) is 3.15. The first-order valence-electron chi connectivity index (χ1n) is 13.6. The summed E-state index contributed by atoms with van der Waals surface area (Å²) in [5.74, 6) is 1.09. The molecule has 41 heavy (non-hydrogen) atoms. The molecule has 1 aliphatic carbocycles. The zero-order chi connectivity index (χ0) is 28.0. The lowest BCUT2D eigenvalue weighted by Gasteiger charge is -2.45. The molecule has 2 aliphatic heterocycles. The number of ether oxygens (including phenoxy) is 1. The van der Waals surface area contributed by atoms with Crippen molar-refractivity contribution in [2.24, 2.45) is 5.41 Å². The van der Waals surface area contributed by atoms with Crippen molar-refractivity contribution in [2.45, 2.75) is 30.8 Å². The number of piperidine rings is 1. The molecular formula is C29H29FN6O4S. The van der Waals surface area contributed by atoms with Crippen LogP contribution in [0.3, 0.4) is 0 Å². The minimum atomic E-state index is -3.78. The monoisotopic (exact) mass is 576 g/mol. The van der Waals surface area contributed by atoms with Gasteiger partial charge in [-0.05, 0) is 67.3 Å². The van der Waals surface area contributed by atoms with Crippen LogP contribution < -0.4 is 4.90 Å². The largest absolute Gasteiger partial charge is 0.446 e. The third-order valence-corrected chi connectivity index (χ3v) is 10.1. The molecule has 0 amide bonds. The molecule has 10 nitrogen and oxygen atoms in total. The number of hydrogen-bond acceptors (Lipinski definition) is 8. The molecular weight excluding hydrogens is 547 g/mol. The van der Waals surface area contributed by atoms with Crippen LogP contribution in [0.5, 0.6) is 0 Å². The molecule has 0 radical (unpaired) electrons. The number of nitrogens with zero attached hydrogens (tertiary/aromatic N) is 6.